The lowest BCUT2D eigenvalue weighted by Crippen LogP contribution is -2.45. The number of anilines is 1. The highest BCUT2D eigenvalue weighted by Crippen LogP contribution is 2.63. The van der Waals surface area contributed by atoms with Gasteiger partial charge in [-0.25, -0.2) is 9.18 Å². The number of rotatable bonds is 3. The largest absolute Gasteiger partial charge is 0.478 e. The van der Waals surface area contributed by atoms with Crippen LogP contribution in [0.25, 0.3) is 0 Å². The molecule has 21 heavy (non-hydrogen) atoms. The first-order valence-electron chi connectivity index (χ1n) is 7.53. The molecule has 0 heterocycles. The minimum Gasteiger partial charge on any atom is -0.478 e. The predicted octanol–water partition coefficient (Wildman–Crippen LogP) is 4.15. The van der Waals surface area contributed by atoms with Crippen molar-refractivity contribution < 1.29 is 14.3 Å². The highest BCUT2D eigenvalue weighted by Gasteiger charge is 2.59. The summed E-state index contributed by atoms with van der Waals surface area (Å²) in [4.78, 5) is 10.9. The zero-order valence-corrected chi connectivity index (χ0v) is 12.7. The number of hydrogen-bond acceptors (Lipinski definition) is 2. The molecule has 0 aliphatic heterocycles. The van der Waals surface area contributed by atoms with E-state index < -0.39 is 11.8 Å². The average Bonchev–Trinajstić information content (AvgIpc) is 2.85. The van der Waals surface area contributed by atoms with Crippen molar-refractivity contribution in [3.63, 3.8) is 0 Å². The quantitative estimate of drug-likeness (QED) is 0.879. The molecule has 1 aromatic carbocycles. The third kappa shape index (κ3) is 2.12. The number of benzene rings is 1. The number of hydrogen-bond donors (Lipinski definition) is 2. The van der Waals surface area contributed by atoms with Crippen molar-refractivity contribution in [3.8, 4) is 0 Å². The Hall–Kier alpha value is -1.58. The normalized spacial score (nSPS) is 33.1. The number of aromatic carboxylic acids is 1. The molecule has 3 rings (SSSR count). The molecule has 4 heteroatoms. The summed E-state index contributed by atoms with van der Waals surface area (Å²) < 4.78 is 13.8. The highest BCUT2D eigenvalue weighted by molar-refractivity contribution is 5.88. The summed E-state index contributed by atoms with van der Waals surface area (Å²) in [6.07, 6.45) is 3.69. The first kappa shape index (κ1) is 14.4. The fourth-order valence-corrected chi connectivity index (χ4v) is 4.61. The molecule has 2 N–H and O–H groups in total. The Morgan fingerprint density at radius 3 is 2.62 bits per heavy atom. The van der Waals surface area contributed by atoms with Gasteiger partial charge in [0.1, 0.15) is 5.82 Å². The second-order valence-electron chi connectivity index (χ2n) is 7.49. The number of nitrogens with one attached hydrogen (secondary N) is 1. The second kappa shape index (κ2) is 4.46. The van der Waals surface area contributed by atoms with Crippen LogP contribution in [-0.2, 0) is 0 Å². The number of carbonyl (C=O) groups is 1. The third-order valence-electron chi connectivity index (χ3n) is 5.78. The van der Waals surface area contributed by atoms with Crippen LogP contribution in [0.4, 0.5) is 10.1 Å². The van der Waals surface area contributed by atoms with Crippen molar-refractivity contribution in [1.29, 1.82) is 0 Å². The first-order valence-corrected chi connectivity index (χ1v) is 7.53. The minimum absolute atomic E-state index is 0.176. The van der Waals surface area contributed by atoms with Gasteiger partial charge in [-0.05, 0) is 54.2 Å². The van der Waals surface area contributed by atoms with Gasteiger partial charge in [-0.2, -0.15) is 0 Å². The lowest BCUT2D eigenvalue weighted by atomic mass is 9.68. The van der Waals surface area contributed by atoms with E-state index in [2.05, 4.69) is 26.1 Å². The Morgan fingerprint density at radius 1 is 1.38 bits per heavy atom. The zero-order chi connectivity index (χ0) is 15.4. The van der Waals surface area contributed by atoms with Crippen LogP contribution in [-0.4, -0.2) is 17.1 Å². The van der Waals surface area contributed by atoms with E-state index in [1.54, 1.807) is 6.07 Å². The fraction of sp³-hybridized carbons (Fsp3) is 0.588. The average molecular weight is 291 g/mol. The van der Waals surface area contributed by atoms with E-state index in [1.807, 2.05) is 0 Å². The Kier molecular flexibility index (Phi) is 3.05. The maximum atomic E-state index is 13.8. The molecular weight excluding hydrogens is 269 g/mol. The molecule has 3 nitrogen and oxygen atoms in total. The summed E-state index contributed by atoms with van der Waals surface area (Å²) in [6.45, 7) is 6.87. The van der Waals surface area contributed by atoms with E-state index in [0.717, 1.165) is 0 Å². The Balaban J connectivity index is 1.87. The van der Waals surface area contributed by atoms with Gasteiger partial charge >= 0.3 is 5.97 Å². The fourth-order valence-electron chi connectivity index (χ4n) is 4.61. The lowest BCUT2D eigenvalue weighted by molar-refractivity contribution is 0.0692. The van der Waals surface area contributed by atoms with Crippen LogP contribution in [0.1, 0.15) is 50.4 Å². The minimum atomic E-state index is -1.23. The molecule has 0 amide bonds. The monoisotopic (exact) mass is 291 g/mol. The summed E-state index contributed by atoms with van der Waals surface area (Å²) in [5.74, 6) is -1.20. The number of fused-ring (bicyclic) bond motifs is 2. The molecule has 1 aromatic rings. The van der Waals surface area contributed by atoms with Crippen molar-refractivity contribution in [3.05, 3.63) is 29.6 Å². The molecule has 2 fully saturated rings. The smallest absolute Gasteiger partial charge is 0.338 e. The molecule has 3 atom stereocenters. The van der Waals surface area contributed by atoms with E-state index >= 15 is 0 Å². The molecule has 2 saturated carbocycles. The van der Waals surface area contributed by atoms with Gasteiger partial charge in [-0.1, -0.05) is 20.8 Å². The van der Waals surface area contributed by atoms with Crippen LogP contribution < -0.4 is 5.32 Å². The van der Waals surface area contributed by atoms with Crippen molar-refractivity contribution in [1.82, 2.24) is 0 Å². The molecule has 2 bridgehead atoms. The van der Waals surface area contributed by atoms with Gasteiger partial charge in [0.25, 0.3) is 0 Å². The van der Waals surface area contributed by atoms with Crippen molar-refractivity contribution in [2.24, 2.45) is 16.7 Å². The van der Waals surface area contributed by atoms with Crippen LogP contribution in [0.5, 0.6) is 0 Å². The van der Waals surface area contributed by atoms with Gasteiger partial charge in [0, 0.05) is 11.7 Å². The van der Waals surface area contributed by atoms with Crippen LogP contribution in [0.3, 0.4) is 0 Å². The molecule has 0 radical (unpaired) electrons. The molecule has 3 unspecified atom stereocenters. The summed E-state index contributed by atoms with van der Waals surface area (Å²) in [5.41, 5.74) is 0.814. The van der Waals surface area contributed by atoms with Gasteiger partial charge in [-0.15, -0.1) is 0 Å². The molecule has 114 valence electrons. The SMILES string of the molecule is CC12CCC(C1)C(C)(C)C2Nc1ccc(C(=O)O)c(F)c1. The van der Waals surface area contributed by atoms with Gasteiger partial charge < -0.3 is 10.4 Å². The topological polar surface area (TPSA) is 49.3 Å². The maximum Gasteiger partial charge on any atom is 0.338 e. The standard InChI is InChI=1S/C17H22FNO2/c1-16(2)10-6-7-17(3,9-10)15(16)19-11-4-5-12(14(20)21)13(18)8-11/h4-5,8,10,15,19H,6-7,9H2,1-3H3,(H,20,21). The first-order chi connectivity index (χ1) is 9.74. The Bertz CT molecular complexity index is 594. The van der Waals surface area contributed by atoms with Crippen molar-refractivity contribution in [2.75, 3.05) is 5.32 Å². The predicted molar refractivity (Wildman–Crippen MR) is 80.0 cm³/mol. The van der Waals surface area contributed by atoms with Crippen LogP contribution in [0.2, 0.25) is 0 Å². The number of carboxylic acid groups (broad SMARTS) is 1. The van der Waals surface area contributed by atoms with Crippen molar-refractivity contribution in [2.45, 2.75) is 46.1 Å². The van der Waals surface area contributed by atoms with E-state index in [-0.39, 0.29) is 16.4 Å². The molecule has 2 aliphatic rings. The van der Waals surface area contributed by atoms with E-state index in [4.69, 9.17) is 5.11 Å². The van der Waals surface area contributed by atoms with Crippen LogP contribution >= 0.6 is 0 Å². The van der Waals surface area contributed by atoms with Gasteiger partial charge in [0.05, 0.1) is 5.56 Å². The van der Waals surface area contributed by atoms with Gasteiger partial charge in [0.2, 0.25) is 0 Å². The summed E-state index contributed by atoms with van der Waals surface area (Å²) in [5, 5.41) is 12.4. The van der Waals surface area contributed by atoms with Gasteiger partial charge in [-0.3, -0.25) is 0 Å². The van der Waals surface area contributed by atoms with Crippen molar-refractivity contribution >= 4 is 11.7 Å². The number of carboxylic acids is 1. The number of halogens is 1. The summed E-state index contributed by atoms with van der Waals surface area (Å²) >= 11 is 0. The van der Waals surface area contributed by atoms with Gasteiger partial charge in [0.15, 0.2) is 0 Å². The van der Waals surface area contributed by atoms with E-state index in [9.17, 15) is 9.18 Å². The molecular formula is C17H22FNO2. The molecule has 0 aromatic heterocycles. The van der Waals surface area contributed by atoms with E-state index in [1.165, 1.54) is 31.4 Å². The Morgan fingerprint density at radius 2 is 2.10 bits per heavy atom. The highest BCUT2D eigenvalue weighted by atomic mass is 19.1. The van der Waals surface area contributed by atoms with Crippen LogP contribution in [0.15, 0.2) is 18.2 Å². The van der Waals surface area contributed by atoms with Crippen LogP contribution in [0, 0.1) is 22.6 Å². The lowest BCUT2D eigenvalue weighted by Gasteiger charge is -2.43. The third-order valence-corrected chi connectivity index (χ3v) is 5.78. The Labute approximate surface area is 124 Å². The zero-order valence-electron chi connectivity index (χ0n) is 12.7. The maximum absolute atomic E-state index is 13.8. The van der Waals surface area contributed by atoms with E-state index in [0.29, 0.717) is 17.6 Å². The summed E-state index contributed by atoms with van der Waals surface area (Å²) in [7, 11) is 0. The summed E-state index contributed by atoms with van der Waals surface area (Å²) in [6, 6.07) is 4.59. The molecule has 2 aliphatic carbocycles. The second-order valence-corrected chi connectivity index (χ2v) is 7.49. The molecule has 0 spiro atoms. The molecule has 0 saturated heterocycles.